The Labute approximate surface area is 377 Å². The molecule has 0 saturated heterocycles. The summed E-state index contributed by atoms with van der Waals surface area (Å²) in [6.07, 6.45) is 20.7. The maximum atomic E-state index is 13.5. The van der Waals surface area contributed by atoms with Crippen LogP contribution in [-0.2, 0) is 20.9 Å². The third kappa shape index (κ3) is 8.62. The van der Waals surface area contributed by atoms with Gasteiger partial charge in [0.15, 0.2) is 0 Å². The van der Waals surface area contributed by atoms with Crippen LogP contribution in [0.15, 0.2) is 84.9 Å². The molecule has 1 aliphatic heterocycles. The Kier molecular flexibility index (Phi) is 12.5. The second kappa shape index (κ2) is 18.7. The van der Waals surface area contributed by atoms with E-state index < -0.39 is 0 Å². The van der Waals surface area contributed by atoms with Gasteiger partial charge < -0.3 is 10.6 Å². The van der Waals surface area contributed by atoms with E-state index in [2.05, 4.69) is 109 Å². The van der Waals surface area contributed by atoms with E-state index in [-0.39, 0.29) is 35.7 Å². The zero-order valence-corrected chi connectivity index (χ0v) is 38.4. The van der Waals surface area contributed by atoms with Gasteiger partial charge >= 0.3 is 22.1 Å². The molecule has 7 heteroatoms. The fourth-order valence-electron chi connectivity index (χ4n) is 12.7. The molecule has 0 spiro atoms. The Morgan fingerprint density at radius 1 is 0.476 bits per heavy atom. The van der Waals surface area contributed by atoms with E-state index in [1.54, 1.807) is 0 Å². The lowest BCUT2D eigenvalue weighted by Gasteiger charge is -2.32. The molecule has 0 radical (unpaired) electrons. The fourth-order valence-corrected chi connectivity index (χ4v) is 13.3. The summed E-state index contributed by atoms with van der Waals surface area (Å²) >= 11 is 1.30. The monoisotopic (exact) mass is 858 g/mol. The lowest BCUT2D eigenvalue weighted by molar-refractivity contribution is -0.127. The number of carbonyl (C=O) groups is 2. The van der Waals surface area contributed by atoms with Gasteiger partial charge in [-0.15, -0.1) is 0 Å². The third-order valence-corrected chi connectivity index (χ3v) is 16.9. The molecule has 63 heavy (non-hydrogen) atoms. The van der Waals surface area contributed by atoms with Gasteiger partial charge in [-0.3, -0.25) is 9.59 Å². The molecule has 0 unspecified atom stereocenters. The fraction of sp³-hybridized carbons (Fsp3) is 0.500. The van der Waals surface area contributed by atoms with Crippen LogP contribution in [0, 0.1) is 23.7 Å². The van der Waals surface area contributed by atoms with Crippen LogP contribution >= 0.6 is 0 Å². The summed E-state index contributed by atoms with van der Waals surface area (Å²) in [6, 6.07) is 32.1. The SMILES string of the molecule is C[C@@H](NC(=O)C1CCC(c2cccc3cccc(-c4ccc(-c5cccc6cccc(C7CCC(C(=O)N[C@H](C)C8CCCCC8)CC7)c56)c5c4=[N+]=S=[N+]=5)c23)CC1)C1CCCCC1. The number of benzene rings is 5. The van der Waals surface area contributed by atoms with Crippen LogP contribution in [-0.4, -0.2) is 23.9 Å². The molecule has 2 amide bonds. The molecule has 0 bridgehead atoms. The minimum absolute atomic E-state index is 0.103. The standard InChI is InChI=1S/C56H64N4O2S/c1-35(37-13-5-3-6-14-37)57-55(61)43-29-25-39(26-30-43)45-21-9-17-41-19-11-23-47(51(41)45)49-33-34-50(54-53(49)59-63-60-54)48-24-12-20-42-18-10-22-46(52(42)48)40-27-31-44(32-28-40)56(62)58-36(2)38-15-7-4-8-16-38/h9-12,17-24,33-40,43-44H,3-8,13-16,25-32H2,1-2H3/p+2/t35-,36-,39?,40?,43?,44?/m1/s1. The van der Waals surface area contributed by atoms with Crippen molar-refractivity contribution in [2.24, 2.45) is 23.7 Å². The topological polar surface area (TPSA) is 86.4 Å². The summed E-state index contributed by atoms with van der Waals surface area (Å²) < 4.78 is 10.1. The van der Waals surface area contributed by atoms with E-state index in [4.69, 9.17) is 8.08 Å². The molecular formula is C56H66N4O2S+2. The molecule has 6 nitrogen and oxygen atoms in total. The molecule has 10 rings (SSSR count). The van der Waals surface area contributed by atoms with Crippen molar-refractivity contribution in [3.8, 4) is 22.3 Å². The van der Waals surface area contributed by atoms with Crippen LogP contribution in [0.1, 0.15) is 152 Å². The number of carbonyl (C=O) groups excluding carboxylic acids is 2. The van der Waals surface area contributed by atoms with Crippen molar-refractivity contribution in [2.75, 3.05) is 0 Å². The lowest BCUT2D eigenvalue weighted by Crippen LogP contribution is -2.42. The van der Waals surface area contributed by atoms with Crippen molar-refractivity contribution >= 4 is 44.7 Å². The Morgan fingerprint density at radius 3 is 1.25 bits per heavy atom. The van der Waals surface area contributed by atoms with Crippen molar-refractivity contribution in [3.05, 3.63) is 107 Å². The number of hydrogen-bond acceptors (Lipinski definition) is 2. The predicted octanol–water partition coefficient (Wildman–Crippen LogP) is 10.9. The quantitative estimate of drug-likeness (QED) is 0.134. The molecule has 5 aliphatic rings. The van der Waals surface area contributed by atoms with E-state index in [9.17, 15) is 9.59 Å². The van der Waals surface area contributed by atoms with Crippen molar-refractivity contribution in [3.63, 3.8) is 0 Å². The van der Waals surface area contributed by atoms with Gasteiger partial charge in [-0.2, -0.15) is 0 Å². The second-order valence-electron chi connectivity index (χ2n) is 20.1. The maximum absolute atomic E-state index is 13.5. The second-order valence-corrected chi connectivity index (χ2v) is 20.6. The van der Waals surface area contributed by atoms with Crippen LogP contribution in [0.5, 0.6) is 0 Å². The van der Waals surface area contributed by atoms with Crippen LogP contribution in [0.2, 0.25) is 0 Å². The van der Waals surface area contributed by atoms with Crippen molar-refractivity contribution in [2.45, 2.75) is 153 Å². The number of amides is 2. The predicted molar refractivity (Wildman–Crippen MR) is 259 cm³/mol. The molecule has 4 fully saturated rings. The molecule has 1 heterocycles. The largest absolute Gasteiger partial charge is 0.700 e. The first-order valence-corrected chi connectivity index (χ1v) is 25.5. The van der Waals surface area contributed by atoms with Crippen LogP contribution in [0.25, 0.3) is 43.8 Å². The summed E-state index contributed by atoms with van der Waals surface area (Å²) in [5.41, 5.74) is 7.45. The average molecular weight is 859 g/mol. The number of rotatable bonds is 10. The van der Waals surface area contributed by atoms with Crippen molar-refractivity contribution in [1.29, 1.82) is 0 Å². The Hall–Kier alpha value is -4.80. The summed E-state index contributed by atoms with van der Waals surface area (Å²) in [4.78, 5) is 27.0. The molecule has 326 valence electrons. The summed E-state index contributed by atoms with van der Waals surface area (Å²) in [6.45, 7) is 4.46. The molecule has 2 N–H and O–H groups in total. The third-order valence-electron chi connectivity index (χ3n) is 16.4. The van der Waals surface area contributed by atoms with E-state index in [1.165, 1.54) is 119 Å². The van der Waals surface area contributed by atoms with E-state index in [0.717, 1.165) is 73.2 Å². The first-order valence-electron chi connectivity index (χ1n) is 24.8. The first kappa shape index (κ1) is 42.2. The Morgan fingerprint density at radius 2 is 0.857 bits per heavy atom. The van der Waals surface area contributed by atoms with E-state index in [1.807, 2.05) is 0 Å². The molecule has 5 aromatic rings. The Balaban J connectivity index is 0.905. The summed E-state index contributed by atoms with van der Waals surface area (Å²) in [7, 11) is 0. The van der Waals surface area contributed by atoms with Gasteiger partial charge in [0.2, 0.25) is 11.8 Å². The number of hydrogen-bond donors (Lipinski definition) is 2. The summed E-state index contributed by atoms with van der Waals surface area (Å²) in [5.74, 6) is 2.81. The molecule has 0 aromatic heterocycles. The minimum Gasteiger partial charge on any atom is -0.353 e. The molecular weight excluding hydrogens is 793 g/mol. The normalized spacial score (nSPS) is 23.8. The van der Waals surface area contributed by atoms with E-state index >= 15 is 0 Å². The first-order chi connectivity index (χ1) is 30.9. The highest BCUT2D eigenvalue weighted by Gasteiger charge is 2.34. The zero-order chi connectivity index (χ0) is 42.9. The molecule has 2 atom stereocenters. The average Bonchev–Trinajstić information content (AvgIpc) is 3.84. The van der Waals surface area contributed by atoms with Gasteiger partial charge in [-0.1, -0.05) is 111 Å². The zero-order valence-electron chi connectivity index (χ0n) is 37.5. The van der Waals surface area contributed by atoms with E-state index in [0.29, 0.717) is 23.7 Å². The number of nitrogens with one attached hydrogen (secondary N) is 2. The highest BCUT2D eigenvalue weighted by Crippen LogP contribution is 2.44. The van der Waals surface area contributed by atoms with Gasteiger partial charge in [-0.05, 0) is 171 Å². The number of fused-ring (bicyclic) bond motifs is 3. The van der Waals surface area contributed by atoms with Gasteiger partial charge in [0.25, 0.3) is 0 Å². The minimum atomic E-state index is 0.103. The smallest absolute Gasteiger partial charge is 0.353 e. The maximum Gasteiger partial charge on any atom is 0.700 e. The van der Waals surface area contributed by atoms with Gasteiger partial charge in [-0.25, -0.2) is 0 Å². The van der Waals surface area contributed by atoms with Crippen LogP contribution in [0.3, 0.4) is 0 Å². The Bertz CT molecular complexity index is 2540. The lowest BCUT2D eigenvalue weighted by atomic mass is 9.76. The van der Waals surface area contributed by atoms with Crippen LogP contribution in [0.4, 0.5) is 0 Å². The van der Waals surface area contributed by atoms with Gasteiger partial charge in [0.05, 0.1) is 19.2 Å². The van der Waals surface area contributed by atoms with Gasteiger partial charge in [0.1, 0.15) is 0 Å². The molecule has 4 aliphatic carbocycles. The molecule has 5 aromatic carbocycles. The van der Waals surface area contributed by atoms with Gasteiger partial charge in [0, 0.05) is 23.9 Å². The van der Waals surface area contributed by atoms with Crippen LogP contribution < -0.4 is 29.4 Å². The highest BCUT2D eigenvalue weighted by molar-refractivity contribution is 7.55. The van der Waals surface area contributed by atoms with Crippen molar-refractivity contribution in [1.82, 2.24) is 18.7 Å². The molecule has 4 saturated carbocycles. The highest BCUT2D eigenvalue weighted by atomic mass is 32.1. The van der Waals surface area contributed by atoms with Crippen molar-refractivity contribution < 1.29 is 9.59 Å². The number of nitrogens with zero attached hydrogens (tertiary/aromatic N) is 2. The summed E-state index contributed by atoms with van der Waals surface area (Å²) in [5, 5.41) is 13.9.